The minimum atomic E-state index is 0.0352. The Morgan fingerprint density at radius 3 is 2.94 bits per heavy atom. The molecule has 1 fully saturated rings. The van der Waals surface area contributed by atoms with Crippen LogP contribution < -0.4 is 0 Å². The molecule has 0 amide bonds. The van der Waals surface area contributed by atoms with Gasteiger partial charge in [0, 0.05) is 26.5 Å². The Bertz CT molecular complexity index is 406. The molecule has 1 aromatic rings. The van der Waals surface area contributed by atoms with Gasteiger partial charge in [-0.05, 0) is 36.9 Å². The molecule has 0 atom stereocenters. The molecule has 2 N–H and O–H groups in total. The van der Waals surface area contributed by atoms with Crippen LogP contribution in [0.15, 0.2) is 6.20 Å². The summed E-state index contributed by atoms with van der Waals surface area (Å²) in [5, 5.41) is 9.21. The van der Waals surface area contributed by atoms with Crippen molar-refractivity contribution in [3.05, 3.63) is 16.7 Å². The number of H-pyrrole nitrogens is 1. The van der Waals surface area contributed by atoms with Gasteiger partial charge < -0.3 is 19.4 Å². The average molecular weight is 242 g/mol. The number of nitrogens with one attached hydrogen (secondary N) is 1. The third-order valence-electron chi connectivity index (χ3n) is 3.40. The fourth-order valence-electron chi connectivity index (χ4n) is 2.05. The molecule has 1 aliphatic carbocycles. The summed E-state index contributed by atoms with van der Waals surface area (Å²) >= 11 is 5.21. The average Bonchev–Trinajstić information content (AvgIpc) is 2.97. The second-order valence-electron chi connectivity index (χ2n) is 4.57. The lowest BCUT2D eigenvalue weighted by Crippen LogP contribution is -2.16. The van der Waals surface area contributed by atoms with Crippen LogP contribution in [0.5, 0.6) is 0 Å². The molecule has 16 heavy (non-hydrogen) atoms. The number of aromatic amines is 1. The van der Waals surface area contributed by atoms with Gasteiger partial charge in [-0.2, -0.15) is 0 Å². The predicted molar refractivity (Wildman–Crippen MR) is 63.7 cm³/mol. The van der Waals surface area contributed by atoms with Gasteiger partial charge in [0.05, 0.1) is 12.3 Å². The lowest BCUT2D eigenvalue weighted by atomic mass is 10.0. The summed E-state index contributed by atoms with van der Waals surface area (Å²) in [6.45, 7) is 1.73. The minimum Gasteiger partial charge on any atom is -0.390 e. The molecule has 0 radical (unpaired) electrons. The summed E-state index contributed by atoms with van der Waals surface area (Å²) in [5.41, 5.74) is 1.22. The number of rotatable bonds is 6. The maximum atomic E-state index is 9.21. The third-order valence-corrected chi connectivity index (χ3v) is 3.74. The van der Waals surface area contributed by atoms with Crippen molar-refractivity contribution >= 4 is 12.2 Å². The van der Waals surface area contributed by atoms with Crippen LogP contribution in [0.25, 0.3) is 0 Å². The van der Waals surface area contributed by atoms with Gasteiger partial charge in [0.1, 0.15) is 0 Å². The van der Waals surface area contributed by atoms with Gasteiger partial charge in [-0.25, -0.2) is 0 Å². The molecule has 0 aliphatic heterocycles. The minimum absolute atomic E-state index is 0.0352. The van der Waals surface area contributed by atoms with Crippen molar-refractivity contribution in [2.75, 3.05) is 13.7 Å². The first-order valence-electron chi connectivity index (χ1n) is 5.58. The number of methoxy groups -OCH3 is 1. The van der Waals surface area contributed by atoms with Crippen LogP contribution >= 0.6 is 12.2 Å². The summed E-state index contributed by atoms with van der Waals surface area (Å²) in [5.74, 6) is 0. The molecule has 1 aromatic heterocycles. The van der Waals surface area contributed by atoms with Gasteiger partial charge in [0.2, 0.25) is 0 Å². The highest BCUT2D eigenvalue weighted by Crippen LogP contribution is 2.50. The molecule has 0 unspecified atom stereocenters. The zero-order chi connectivity index (χ0) is 11.6. The number of nitrogens with zero attached hydrogens (tertiary/aromatic N) is 1. The molecule has 90 valence electrons. The van der Waals surface area contributed by atoms with E-state index >= 15 is 0 Å². The van der Waals surface area contributed by atoms with E-state index in [1.165, 1.54) is 12.8 Å². The quantitative estimate of drug-likeness (QED) is 0.749. The summed E-state index contributed by atoms with van der Waals surface area (Å²) in [6.07, 6.45) is 5.32. The Hall–Kier alpha value is -0.650. The van der Waals surface area contributed by atoms with Gasteiger partial charge in [-0.3, -0.25) is 0 Å². The van der Waals surface area contributed by atoms with Crippen molar-refractivity contribution in [1.82, 2.24) is 9.55 Å². The molecule has 1 heterocycles. The number of aliphatic hydroxyl groups excluding tert-OH is 1. The molecule has 1 saturated carbocycles. The Morgan fingerprint density at radius 1 is 1.62 bits per heavy atom. The predicted octanol–water partition coefficient (Wildman–Crippen LogP) is 1.85. The lowest BCUT2D eigenvalue weighted by Gasteiger charge is -2.16. The largest absolute Gasteiger partial charge is 0.390 e. The Balaban J connectivity index is 2.08. The fourth-order valence-corrected chi connectivity index (χ4v) is 2.29. The van der Waals surface area contributed by atoms with Gasteiger partial charge in [0.25, 0.3) is 0 Å². The molecule has 5 heteroatoms. The molecular formula is C11H18N2O2S. The number of hydrogen-bond donors (Lipinski definition) is 2. The molecule has 1 aliphatic rings. The van der Waals surface area contributed by atoms with E-state index in [1.54, 1.807) is 13.3 Å². The fraction of sp³-hybridized carbons (Fsp3) is 0.727. The zero-order valence-electron chi connectivity index (χ0n) is 9.53. The second-order valence-corrected chi connectivity index (χ2v) is 4.96. The van der Waals surface area contributed by atoms with Crippen LogP contribution in [0, 0.1) is 10.2 Å². The topological polar surface area (TPSA) is 50.2 Å². The number of aromatic nitrogens is 2. The van der Waals surface area contributed by atoms with E-state index in [1.807, 2.05) is 4.57 Å². The SMILES string of the molecule is COCCC1(Cn2c(CO)c[nH]c2=S)CC1. The highest BCUT2D eigenvalue weighted by Gasteiger charge is 2.42. The van der Waals surface area contributed by atoms with Crippen LogP contribution in [0.2, 0.25) is 0 Å². The van der Waals surface area contributed by atoms with E-state index in [0.29, 0.717) is 10.2 Å². The monoisotopic (exact) mass is 242 g/mol. The molecule has 4 nitrogen and oxygen atoms in total. The highest BCUT2D eigenvalue weighted by molar-refractivity contribution is 7.71. The first-order valence-corrected chi connectivity index (χ1v) is 5.98. The van der Waals surface area contributed by atoms with Gasteiger partial charge in [-0.15, -0.1) is 0 Å². The summed E-state index contributed by atoms with van der Waals surface area (Å²) in [7, 11) is 1.73. The van der Waals surface area contributed by atoms with Gasteiger partial charge in [-0.1, -0.05) is 0 Å². The van der Waals surface area contributed by atoms with Crippen LogP contribution in [0.4, 0.5) is 0 Å². The van der Waals surface area contributed by atoms with E-state index in [-0.39, 0.29) is 6.61 Å². The smallest absolute Gasteiger partial charge is 0.177 e. The van der Waals surface area contributed by atoms with Crippen molar-refractivity contribution < 1.29 is 9.84 Å². The van der Waals surface area contributed by atoms with Crippen LogP contribution in [-0.2, 0) is 17.9 Å². The summed E-state index contributed by atoms with van der Waals surface area (Å²) < 4.78 is 7.84. The van der Waals surface area contributed by atoms with E-state index in [9.17, 15) is 5.11 Å². The van der Waals surface area contributed by atoms with E-state index in [0.717, 1.165) is 25.3 Å². The third kappa shape index (κ3) is 2.36. The van der Waals surface area contributed by atoms with Gasteiger partial charge in [0.15, 0.2) is 4.77 Å². The van der Waals surface area contributed by atoms with Crippen molar-refractivity contribution in [3.63, 3.8) is 0 Å². The van der Waals surface area contributed by atoms with Crippen molar-refractivity contribution in [1.29, 1.82) is 0 Å². The number of hydrogen-bond acceptors (Lipinski definition) is 3. The van der Waals surface area contributed by atoms with Crippen molar-refractivity contribution in [2.24, 2.45) is 5.41 Å². The van der Waals surface area contributed by atoms with Gasteiger partial charge >= 0.3 is 0 Å². The number of imidazole rings is 1. The summed E-state index contributed by atoms with van der Waals surface area (Å²) in [4.78, 5) is 2.98. The Morgan fingerprint density at radius 2 is 2.38 bits per heavy atom. The van der Waals surface area contributed by atoms with Crippen molar-refractivity contribution in [3.8, 4) is 0 Å². The number of aliphatic hydroxyl groups is 1. The zero-order valence-corrected chi connectivity index (χ0v) is 10.3. The van der Waals surface area contributed by atoms with Crippen molar-refractivity contribution in [2.45, 2.75) is 32.4 Å². The van der Waals surface area contributed by atoms with E-state index in [4.69, 9.17) is 17.0 Å². The maximum absolute atomic E-state index is 9.21. The standard InChI is InChI=1S/C11H18N2O2S/c1-15-5-4-11(2-3-11)8-13-9(7-14)6-12-10(13)16/h6,14H,2-5,7-8H2,1H3,(H,12,16). The maximum Gasteiger partial charge on any atom is 0.177 e. The first-order chi connectivity index (χ1) is 7.71. The van der Waals surface area contributed by atoms with E-state index in [2.05, 4.69) is 4.98 Å². The Kier molecular flexibility index (Phi) is 3.47. The molecule has 0 saturated heterocycles. The molecular weight excluding hydrogens is 224 g/mol. The van der Waals surface area contributed by atoms with Crippen LogP contribution in [0.1, 0.15) is 25.0 Å². The van der Waals surface area contributed by atoms with Crippen LogP contribution in [0.3, 0.4) is 0 Å². The Labute approximate surface area is 100 Å². The molecule has 2 rings (SSSR count). The molecule has 0 spiro atoms. The second kappa shape index (κ2) is 4.69. The molecule has 0 bridgehead atoms. The van der Waals surface area contributed by atoms with Crippen LogP contribution in [-0.4, -0.2) is 28.4 Å². The number of ether oxygens (including phenoxy) is 1. The molecule has 0 aromatic carbocycles. The normalized spacial score (nSPS) is 17.6. The highest BCUT2D eigenvalue weighted by atomic mass is 32.1. The lowest BCUT2D eigenvalue weighted by molar-refractivity contribution is 0.165. The summed E-state index contributed by atoms with van der Waals surface area (Å²) in [6, 6.07) is 0. The van der Waals surface area contributed by atoms with E-state index < -0.39 is 0 Å². The first kappa shape index (κ1) is 11.8.